The van der Waals surface area contributed by atoms with Crippen LogP contribution in [0.25, 0.3) is 0 Å². The third kappa shape index (κ3) is 3.33. The average Bonchev–Trinajstić information content (AvgIpc) is 2.04. The highest BCUT2D eigenvalue weighted by atomic mass is 32.2. The van der Waals surface area contributed by atoms with E-state index in [0.29, 0.717) is 12.5 Å². The number of thioether (sulfide) groups is 1. The van der Waals surface area contributed by atoms with E-state index < -0.39 is 0 Å². The van der Waals surface area contributed by atoms with Crippen LogP contribution in [0.5, 0.6) is 0 Å². The molecule has 0 amide bonds. The molecule has 12 heavy (non-hydrogen) atoms. The number of hydrogen-bond acceptors (Lipinski definition) is 3. The predicted octanol–water partition coefficient (Wildman–Crippen LogP) is 1.05. The highest BCUT2D eigenvalue weighted by molar-refractivity contribution is 7.99. The molecule has 72 valence electrons. The zero-order chi connectivity index (χ0) is 8.97. The van der Waals surface area contributed by atoms with E-state index in [1.54, 1.807) is 0 Å². The van der Waals surface area contributed by atoms with Crippen molar-refractivity contribution >= 4 is 11.8 Å². The molecular formula is C9H19NOS. The van der Waals surface area contributed by atoms with Crippen LogP contribution in [0.2, 0.25) is 0 Å². The van der Waals surface area contributed by atoms with Crippen molar-refractivity contribution in [3.8, 4) is 0 Å². The number of aliphatic hydroxyl groups is 1. The van der Waals surface area contributed by atoms with Gasteiger partial charge in [-0.2, -0.15) is 11.8 Å². The molecule has 2 unspecified atom stereocenters. The molecular weight excluding hydrogens is 170 g/mol. The normalized spacial score (nSPS) is 28.8. The van der Waals surface area contributed by atoms with Crippen LogP contribution < -0.4 is 0 Å². The van der Waals surface area contributed by atoms with Crippen LogP contribution >= 0.6 is 11.8 Å². The van der Waals surface area contributed by atoms with Crippen molar-refractivity contribution in [2.45, 2.75) is 19.1 Å². The number of rotatable bonds is 3. The van der Waals surface area contributed by atoms with Gasteiger partial charge in [0.2, 0.25) is 0 Å². The van der Waals surface area contributed by atoms with Gasteiger partial charge in [0.05, 0.1) is 0 Å². The summed E-state index contributed by atoms with van der Waals surface area (Å²) in [5.74, 6) is 1.68. The van der Waals surface area contributed by atoms with E-state index in [2.05, 4.69) is 30.5 Å². The Bertz CT molecular complexity index is 132. The number of hydrogen-bond donors (Lipinski definition) is 1. The third-order valence-electron chi connectivity index (χ3n) is 2.21. The summed E-state index contributed by atoms with van der Waals surface area (Å²) in [5.41, 5.74) is 0. The zero-order valence-electron chi connectivity index (χ0n) is 7.99. The molecule has 0 bridgehead atoms. The van der Waals surface area contributed by atoms with Crippen molar-refractivity contribution < 1.29 is 5.11 Å². The maximum atomic E-state index is 8.90. The van der Waals surface area contributed by atoms with Crippen LogP contribution in [-0.4, -0.2) is 47.3 Å². The first kappa shape index (κ1) is 10.4. The highest BCUT2D eigenvalue weighted by Crippen LogP contribution is 2.18. The van der Waals surface area contributed by atoms with Crippen molar-refractivity contribution in [1.82, 2.24) is 4.90 Å². The Labute approximate surface area is 79.3 Å². The smallest absolute Gasteiger partial charge is 0.0468 e. The second-order valence-electron chi connectivity index (χ2n) is 3.73. The molecule has 0 saturated carbocycles. The van der Waals surface area contributed by atoms with Gasteiger partial charge in [0.25, 0.3) is 0 Å². The second-order valence-corrected chi connectivity index (χ2v) is 5.28. The van der Waals surface area contributed by atoms with Gasteiger partial charge >= 0.3 is 0 Å². The molecule has 1 fully saturated rings. The van der Waals surface area contributed by atoms with Crippen molar-refractivity contribution in [3.05, 3.63) is 0 Å². The van der Waals surface area contributed by atoms with Crippen LogP contribution in [0, 0.1) is 5.92 Å². The molecule has 1 aliphatic heterocycles. The van der Waals surface area contributed by atoms with Crippen LogP contribution in [0.4, 0.5) is 0 Å². The molecule has 1 saturated heterocycles. The predicted molar refractivity (Wildman–Crippen MR) is 54.6 cm³/mol. The summed E-state index contributed by atoms with van der Waals surface area (Å²) in [5, 5.41) is 9.67. The summed E-state index contributed by atoms with van der Waals surface area (Å²) in [7, 11) is 0. The van der Waals surface area contributed by atoms with Gasteiger partial charge in [-0.25, -0.2) is 0 Å². The minimum Gasteiger partial charge on any atom is -0.396 e. The van der Waals surface area contributed by atoms with Crippen molar-refractivity contribution in [1.29, 1.82) is 0 Å². The first-order valence-electron chi connectivity index (χ1n) is 4.67. The van der Waals surface area contributed by atoms with Crippen LogP contribution in [-0.2, 0) is 0 Å². The fourth-order valence-electron chi connectivity index (χ4n) is 1.55. The topological polar surface area (TPSA) is 23.5 Å². The Hall–Kier alpha value is 0.270. The largest absolute Gasteiger partial charge is 0.396 e. The quantitative estimate of drug-likeness (QED) is 0.718. The van der Waals surface area contributed by atoms with Gasteiger partial charge < -0.3 is 10.0 Å². The first-order valence-corrected chi connectivity index (χ1v) is 5.72. The molecule has 0 spiro atoms. The van der Waals surface area contributed by atoms with E-state index >= 15 is 0 Å². The molecule has 0 aromatic carbocycles. The molecule has 2 atom stereocenters. The standard InChI is InChI=1S/C9H19NOS/c1-8(7-11)5-10-3-4-12-9(2)6-10/h8-9,11H,3-7H2,1-2H3. The molecule has 1 heterocycles. The van der Waals surface area contributed by atoms with E-state index in [9.17, 15) is 0 Å². The molecule has 1 N–H and O–H groups in total. The molecule has 0 radical (unpaired) electrons. The maximum Gasteiger partial charge on any atom is 0.0468 e. The fraction of sp³-hybridized carbons (Fsp3) is 1.00. The Morgan fingerprint density at radius 2 is 2.42 bits per heavy atom. The van der Waals surface area contributed by atoms with Gasteiger partial charge in [0, 0.05) is 37.2 Å². The van der Waals surface area contributed by atoms with Gasteiger partial charge in [-0.15, -0.1) is 0 Å². The van der Waals surface area contributed by atoms with E-state index in [1.165, 1.54) is 18.8 Å². The monoisotopic (exact) mass is 189 g/mol. The lowest BCUT2D eigenvalue weighted by Crippen LogP contribution is -2.39. The fourth-order valence-corrected chi connectivity index (χ4v) is 2.64. The van der Waals surface area contributed by atoms with Crippen molar-refractivity contribution in [3.63, 3.8) is 0 Å². The molecule has 1 rings (SSSR count). The maximum absolute atomic E-state index is 8.90. The Balaban J connectivity index is 2.22. The molecule has 0 aromatic heterocycles. The summed E-state index contributed by atoms with van der Waals surface area (Å²) in [6.07, 6.45) is 0. The summed E-state index contributed by atoms with van der Waals surface area (Å²) < 4.78 is 0. The lowest BCUT2D eigenvalue weighted by atomic mass is 10.2. The average molecular weight is 189 g/mol. The van der Waals surface area contributed by atoms with Gasteiger partial charge in [-0.3, -0.25) is 0 Å². The molecule has 0 aliphatic carbocycles. The Kier molecular flexibility index (Phi) is 4.40. The third-order valence-corrected chi connectivity index (χ3v) is 3.34. The Morgan fingerprint density at radius 1 is 1.67 bits per heavy atom. The van der Waals surface area contributed by atoms with E-state index in [4.69, 9.17) is 5.11 Å². The van der Waals surface area contributed by atoms with E-state index in [-0.39, 0.29) is 0 Å². The van der Waals surface area contributed by atoms with E-state index in [1.807, 2.05) is 0 Å². The van der Waals surface area contributed by atoms with Crippen molar-refractivity contribution in [2.75, 3.05) is 32.0 Å². The molecule has 0 aromatic rings. The SMILES string of the molecule is CC(CO)CN1CCSC(C)C1. The van der Waals surface area contributed by atoms with Crippen LogP contribution in [0.1, 0.15) is 13.8 Å². The van der Waals surface area contributed by atoms with Gasteiger partial charge in [0.1, 0.15) is 0 Å². The Morgan fingerprint density at radius 3 is 3.00 bits per heavy atom. The summed E-state index contributed by atoms with van der Waals surface area (Å²) in [6, 6.07) is 0. The van der Waals surface area contributed by atoms with E-state index in [0.717, 1.165) is 11.8 Å². The van der Waals surface area contributed by atoms with Gasteiger partial charge in [-0.05, 0) is 5.92 Å². The molecule has 3 heteroatoms. The summed E-state index contributed by atoms with van der Waals surface area (Å²) in [6.45, 7) is 8.14. The van der Waals surface area contributed by atoms with Crippen LogP contribution in [0.15, 0.2) is 0 Å². The lowest BCUT2D eigenvalue weighted by molar-refractivity contribution is 0.177. The molecule has 2 nitrogen and oxygen atoms in total. The first-order chi connectivity index (χ1) is 5.72. The minimum absolute atomic E-state index is 0.317. The lowest BCUT2D eigenvalue weighted by Gasteiger charge is -2.31. The van der Waals surface area contributed by atoms with Gasteiger partial charge in [-0.1, -0.05) is 13.8 Å². The number of aliphatic hydroxyl groups excluding tert-OH is 1. The van der Waals surface area contributed by atoms with Gasteiger partial charge in [0.15, 0.2) is 0 Å². The minimum atomic E-state index is 0.317. The summed E-state index contributed by atoms with van der Waals surface area (Å²) >= 11 is 2.05. The number of nitrogens with zero attached hydrogens (tertiary/aromatic N) is 1. The zero-order valence-corrected chi connectivity index (χ0v) is 8.81. The highest BCUT2D eigenvalue weighted by Gasteiger charge is 2.17. The van der Waals surface area contributed by atoms with Crippen molar-refractivity contribution in [2.24, 2.45) is 5.92 Å². The molecule has 1 aliphatic rings. The second kappa shape index (κ2) is 5.10. The summed E-state index contributed by atoms with van der Waals surface area (Å²) in [4.78, 5) is 2.46. The van der Waals surface area contributed by atoms with Crippen LogP contribution in [0.3, 0.4) is 0 Å².